The Bertz CT molecular complexity index is 922. The predicted octanol–water partition coefficient (Wildman–Crippen LogP) is 2.24. The number of hydrogen-bond donors (Lipinski definition) is 1. The summed E-state index contributed by atoms with van der Waals surface area (Å²) in [6.45, 7) is 0.904. The van der Waals surface area contributed by atoms with Gasteiger partial charge in [-0.2, -0.15) is 0 Å². The Morgan fingerprint density at radius 3 is 2.30 bits per heavy atom. The average Bonchev–Trinajstić information content (AvgIpc) is 2.88. The van der Waals surface area contributed by atoms with Crippen molar-refractivity contribution in [1.82, 2.24) is 4.90 Å². The van der Waals surface area contributed by atoms with Crippen LogP contribution in [0, 0.1) is 5.82 Å². The van der Waals surface area contributed by atoms with E-state index >= 15 is 0 Å². The smallest absolute Gasteiger partial charge is 0.338 e. The summed E-state index contributed by atoms with van der Waals surface area (Å²) in [5.74, 6) is -2.82. The zero-order valence-corrected chi connectivity index (χ0v) is 14.3. The highest BCUT2D eigenvalue weighted by Crippen LogP contribution is 2.22. The highest BCUT2D eigenvalue weighted by atomic mass is 19.1. The highest BCUT2D eigenvalue weighted by molar-refractivity contribution is 6.21. The number of carbonyl (C=O) groups is 4. The summed E-state index contributed by atoms with van der Waals surface area (Å²) in [7, 11) is 0. The number of rotatable bonds is 5. The number of nitrogens with one attached hydrogen (secondary N) is 1. The van der Waals surface area contributed by atoms with E-state index in [1.54, 1.807) is 24.3 Å². The standard InChI is InChI=1S/C19H15FN2O5/c1-11(23)21-16-10-12(6-7-15(16)20)19(26)27-9-8-22-17(24)13-4-2-3-5-14(13)18(22)25/h2-7,10H,8-9H2,1H3,(H,21,23). The second-order valence-corrected chi connectivity index (χ2v) is 5.82. The first-order chi connectivity index (χ1) is 12.9. The summed E-state index contributed by atoms with van der Waals surface area (Å²) in [5.41, 5.74) is 0.513. The maximum Gasteiger partial charge on any atom is 0.338 e. The molecule has 0 radical (unpaired) electrons. The number of amides is 3. The normalized spacial score (nSPS) is 12.7. The number of anilines is 1. The van der Waals surface area contributed by atoms with Gasteiger partial charge in [0.1, 0.15) is 12.4 Å². The van der Waals surface area contributed by atoms with Crippen LogP contribution in [-0.2, 0) is 9.53 Å². The molecule has 3 amide bonds. The number of ether oxygens (including phenoxy) is 1. The molecule has 2 aromatic carbocycles. The molecule has 3 rings (SSSR count). The summed E-state index contributed by atoms with van der Waals surface area (Å²) in [5, 5.41) is 2.27. The minimum atomic E-state index is -0.766. The Labute approximate surface area is 153 Å². The van der Waals surface area contributed by atoms with Crippen LogP contribution in [0.5, 0.6) is 0 Å². The maximum atomic E-state index is 13.6. The fourth-order valence-electron chi connectivity index (χ4n) is 2.69. The van der Waals surface area contributed by atoms with Crippen LogP contribution in [0.25, 0.3) is 0 Å². The molecule has 0 aliphatic carbocycles. The third-order valence-electron chi connectivity index (χ3n) is 3.94. The molecule has 0 bridgehead atoms. The van der Waals surface area contributed by atoms with Crippen LogP contribution in [0.4, 0.5) is 10.1 Å². The maximum absolute atomic E-state index is 13.6. The van der Waals surface area contributed by atoms with Crippen molar-refractivity contribution in [3.63, 3.8) is 0 Å². The van der Waals surface area contributed by atoms with E-state index in [0.29, 0.717) is 11.1 Å². The summed E-state index contributed by atoms with van der Waals surface area (Å²) in [6.07, 6.45) is 0. The molecular formula is C19H15FN2O5. The van der Waals surface area contributed by atoms with Crippen LogP contribution >= 0.6 is 0 Å². The monoisotopic (exact) mass is 370 g/mol. The number of halogens is 1. The van der Waals surface area contributed by atoms with Gasteiger partial charge >= 0.3 is 5.97 Å². The quantitative estimate of drug-likeness (QED) is 0.644. The van der Waals surface area contributed by atoms with Gasteiger partial charge in [-0.15, -0.1) is 0 Å². The largest absolute Gasteiger partial charge is 0.460 e. The van der Waals surface area contributed by atoms with Crippen LogP contribution in [0.1, 0.15) is 38.0 Å². The van der Waals surface area contributed by atoms with Crippen molar-refractivity contribution in [2.75, 3.05) is 18.5 Å². The van der Waals surface area contributed by atoms with E-state index < -0.39 is 29.5 Å². The number of fused-ring (bicyclic) bond motifs is 1. The van der Waals surface area contributed by atoms with Gasteiger partial charge in [0, 0.05) is 6.92 Å². The van der Waals surface area contributed by atoms with Crippen LogP contribution in [-0.4, -0.2) is 41.7 Å². The molecule has 1 aliphatic rings. The Morgan fingerprint density at radius 1 is 1.07 bits per heavy atom. The highest BCUT2D eigenvalue weighted by Gasteiger charge is 2.34. The van der Waals surface area contributed by atoms with Gasteiger partial charge in [-0.25, -0.2) is 9.18 Å². The molecule has 8 heteroatoms. The third-order valence-corrected chi connectivity index (χ3v) is 3.94. The van der Waals surface area contributed by atoms with E-state index in [0.717, 1.165) is 17.0 Å². The lowest BCUT2D eigenvalue weighted by Crippen LogP contribution is -2.33. The summed E-state index contributed by atoms with van der Waals surface area (Å²) < 4.78 is 18.7. The number of nitrogens with zero attached hydrogens (tertiary/aromatic N) is 1. The molecular weight excluding hydrogens is 355 g/mol. The first-order valence-electron chi connectivity index (χ1n) is 8.08. The Kier molecular flexibility index (Phi) is 4.98. The molecule has 27 heavy (non-hydrogen) atoms. The first-order valence-corrected chi connectivity index (χ1v) is 8.08. The minimum absolute atomic E-state index is 0.0301. The molecule has 0 atom stereocenters. The van der Waals surface area contributed by atoms with Gasteiger partial charge in [-0.05, 0) is 30.3 Å². The Morgan fingerprint density at radius 2 is 1.70 bits per heavy atom. The molecule has 0 saturated carbocycles. The molecule has 0 saturated heterocycles. The topological polar surface area (TPSA) is 92.8 Å². The second-order valence-electron chi connectivity index (χ2n) is 5.82. The molecule has 0 fully saturated rings. The van der Waals surface area contributed by atoms with Gasteiger partial charge in [0.25, 0.3) is 11.8 Å². The van der Waals surface area contributed by atoms with Gasteiger partial charge in [0.2, 0.25) is 5.91 Å². The van der Waals surface area contributed by atoms with Crippen LogP contribution < -0.4 is 5.32 Å². The van der Waals surface area contributed by atoms with Gasteiger partial charge in [0.15, 0.2) is 0 Å². The Hall–Kier alpha value is -3.55. The molecule has 138 valence electrons. The van der Waals surface area contributed by atoms with E-state index in [9.17, 15) is 23.6 Å². The van der Waals surface area contributed by atoms with Gasteiger partial charge < -0.3 is 10.1 Å². The van der Waals surface area contributed by atoms with Crippen LogP contribution in [0.3, 0.4) is 0 Å². The van der Waals surface area contributed by atoms with Gasteiger partial charge in [-0.1, -0.05) is 12.1 Å². The van der Waals surface area contributed by atoms with Crippen molar-refractivity contribution in [2.45, 2.75) is 6.92 Å². The first kappa shape index (κ1) is 18.2. The van der Waals surface area contributed by atoms with E-state index in [4.69, 9.17) is 4.74 Å². The van der Waals surface area contributed by atoms with E-state index in [2.05, 4.69) is 5.32 Å². The molecule has 7 nitrogen and oxygen atoms in total. The van der Waals surface area contributed by atoms with Crippen molar-refractivity contribution in [2.24, 2.45) is 0 Å². The predicted molar refractivity (Wildman–Crippen MR) is 92.8 cm³/mol. The molecule has 2 aromatic rings. The SMILES string of the molecule is CC(=O)Nc1cc(C(=O)OCCN2C(=O)c3ccccc3C2=O)ccc1F. The second kappa shape index (κ2) is 7.36. The molecule has 0 unspecified atom stereocenters. The lowest BCUT2D eigenvalue weighted by molar-refractivity contribution is -0.114. The average molecular weight is 370 g/mol. The lowest BCUT2D eigenvalue weighted by Gasteiger charge is -2.14. The van der Waals surface area contributed by atoms with Crippen LogP contribution in [0.2, 0.25) is 0 Å². The lowest BCUT2D eigenvalue weighted by atomic mass is 10.1. The van der Waals surface area contributed by atoms with Crippen molar-refractivity contribution in [1.29, 1.82) is 0 Å². The zero-order valence-electron chi connectivity index (χ0n) is 14.3. The van der Waals surface area contributed by atoms with Gasteiger partial charge in [-0.3, -0.25) is 19.3 Å². The molecule has 0 aromatic heterocycles. The van der Waals surface area contributed by atoms with E-state index in [1.165, 1.54) is 13.0 Å². The summed E-state index contributed by atoms with van der Waals surface area (Å²) >= 11 is 0. The molecule has 1 heterocycles. The molecule has 0 spiro atoms. The van der Waals surface area contributed by atoms with Crippen molar-refractivity contribution in [3.05, 3.63) is 65.0 Å². The van der Waals surface area contributed by atoms with E-state index in [-0.39, 0.29) is 24.4 Å². The summed E-state index contributed by atoms with van der Waals surface area (Å²) in [6, 6.07) is 9.84. The van der Waals surface area contributed by atoms with Crippen molar-refractivity contribution in [3.8, 4) is 0 Å². The number of imide groups is 1. The number of benzene rings is 2. The molecule has 1 N–H and O–H groups in total. The number of carbonyl (C=O) groups excluding carboxylic acids is 4. The number of hydrogen-bond acceptors (Lipinski definition) is 5. The fraction of sp³-hybridized carbons (Fsp3) is 0.158. The van der Waals surface area contributed by atoms with Crippen LogP contribution in [0.15, 0.2) is 42.5 Å². The summed E-state index contributed by atoms with van der Waals surface area (Å²) in [4.78, 5) is 48.6. The fourth-order valence-corrected chi connectivity index (χ4v) is 2.69. The van der Waals surface area contributed by atoms with Crippen molar-refractivity contribution < 1.29 is 28.3 Å². The van der Waals surface area contributed by atoms with Crippen molar-refractivity contribution >= 4 is 29.4 Å². The minimum Gasteiger partial charge on any atom is -0.460 e. The third kappa shape index (κ3) is 3.69. The number of esters is 1. The Balaban J connectivity index is 1.62. The van der Waals surface area contributed by atoms with E-state index in [1.807, 2.05) is 0 Å². The molecule has 1 aliphatic heterocycles. The van der Waals surface area contributed by atoms with Gasteiger partial charge in [0.05, 0.1) is 28.9 Å². The zero-order chi connectivity index (χ0) is 19.6.